The fourth-order valence-electron chi connectivity index (χ4n) is 4.01. The molecule has 0 radical (unpaired) electrons. The number of hydrogen-bond donors (Lipinski definition) is 4. The van der Waals surface area contributed by atoms with E-state index in [0.717, 1.165) is 6.07 Å². The van der Waals surface area contributed by atoms with E-state index in [1.807, 2.05) is 0 Å². The van der Waals surface area contributed by atoms with Crippen LogP contribution >= 0.6 is 0 Å². The van der Waals surface area contributed by atoms with Crippen molar-refractivity contribution in [2.45, 2.75) is 9.79 Å². The smallest absolute Gasteiger partial charge is 0.505 e. The quantitative estimate of drug-likeness (QED) is 0.108. The molecule has 0 aliphatic carbocycles. The van der Waals surface area contributed by atoms with Gasteiger partial charge in [-0.2, -0.15) is 32.2 Å². The molecule has 0 heterocycles. The molecule has 0 bridgehead atoms. The number of aromatic hydroxyl groups is 1. The molecule has 5 aromatic rings. The Morgan fingerprint density at radius 1 is 0.622 bits per heavy atom. The fraction of sp³-hybridized carbons (Fsp3) is 0. The van der Waals surface area contributed by atoms with Gasteiger partial charge >= 0.3 is 29.6 Å². The summed E-state index contributed by atoms with van der Waals surface area (Å²) in [7, 11) is -8.90. The number of amides is 1. The Morgan fingerprint density at radius 2 is 1.11 bits per heavy atom. The fourth-order valence-corrected chi connectivity index (χ4v) is 5.20. The zero-order valence-electron chi connectivity index (χ0n) is 23.3. The molecule has 0 fully saturated rings. The number of phenols is 1. The molecule has 0 unspecified atom stereocenters. The number of carbonyl (C=O) groups is 1. The minimum atomic E-state index is -4.61. The zero-order valence-corrected chi connectivity index (χ0v) is 26.9. The number of phenolic OH excluding ortho intramolecular Hbond substituents is 1. The van der Waals surface area contributed by atoms with E-state index in [4.69, 9.17) is 4.55 Å². The maximum atomic E-state index is 12.7. The molecule has 5 rings (SSSR count). The molecule has 0 aromatic heterocycles. The first-order valence-corrected chi connectivity index (χ1v) is 15.4. The first-order chi connectivity index (χ1) is 20.9. The van der Waals surface area contributed by atoms with Gasteiger partial charge in [-0.25, -0.2) is 0 Å². The van der Waals surface area contributed by atoms with Crippen LogP contribution in [0, 0.1) is 0 Å². The molecule has 0 spiro atoms. The van der Waals surface area contributed by atoms with E-state index in [1.54, 1.807) is 36.4 Å². The number of fused-ring (bicyclic) bond motifs is 1. The maximum absolute atomic E-state index is 12.7. The number of benzene rings is 5. The molecule has 16 heteroatoms. The van der Waals surface area contributed by atoms with Crippen molar-refractivity contribution in [1.82, 2.24) is 0 Å². The van der Waals surface area contributed by atoms with Gasteiger partial charge in [-0.05, 0) is 78.9 Å². The van der Waals surface area contributed by atoms with Crippen LogP contribution in [0.3, 0.4) is 0 Å². The Morgan fingerprint density at radius 3 is 1.64 bits per heavy atom. The second kappa shape index (κ2) is 13.7. The van der Waals surface area contributed by atoms with Crippen LogP contribution in [0.4, 0.5) is 28.4 Å². The number of anilines is 1. The average Bonchev–Trinajstić information content (AvgIpc) is 3.00. The van der Waals surface area contributed by atoms with Gasteiger partial charge in [0.25, 0.3) is 26.1 Å². The van der Waals surface area contributed by atoms with E-state index in [1.165, 1.54) is 60.7 Å². The summed E-state index contributed by atoms with van der Waals surface area (Å²) < 4.78 is 64.7. The average molecular weight is 655 g/mol. The summed E-state index contributed by atoms with van der Waals surface area (Å²) in [6, 6.07) is 24.8. The van der Waals surface area contributed by atoms with Crippen LogP contribution in [-0.2, 0) is 20.2 Å². The van der Waals surface area contributed by atoms with Crippen molar-refractivity contribution in [3.05, 3.63) is 109 Å². The number of rotatable bonds is 8. The molecule has 45 heavy (non-hydrogen) atoms. The van der Waals surface area contributed by atoms with Gasteiger partial charge < -0.3 is 10.4 Å². The van der Waals surface area contributed by atoms with E-state index in [0.29, 0.717) is 28.3 Å². The van der Waals surface area contributed by atoms with Gasteiger partial charge in [0.15, 0.2) is 5.75 Å². The van der Waals surface area contributed by atoms with E-state index in [-0.39, 0.29) is 56.7 Å². The van der Waals surface area contributed by atoms with Crippen LogP contribution in [0.5, 0.6) is 5.75 Å². The van der Waals surface area contributed by atoms with Crippen molar-refractivity contribution in [3.63, 3.8) is 0 Å². The minimum Gasteiger partial charge on any atom is -0.505 e. The number of hydrogen-bond acceptors (Lipinski definition) is 10. The summed E-state index contributed by atoms with van der Waals surface area (Å²) >= 11 is 0. The Kier molecular flexibility index (Phi) is 10.2. The largest absolute Gasteiger partial charge is 1.00 e. The van der Waals surface area contributed by atoms with Gasteiger partial charge in [0.05, 0.1) is 22.0 Å². The molecule has 0 atom stereocenters. The second-order valence-electron chi connectivity index (χ2n) is 9.18. The van der Waals surface area contributed by atoms with Gasteiger partial charge in [-0.15, -0.1) is 5.11 Å². The number of azo groups is 2. The first kappa shape index (κ1) is 33.5. The zero-order chi connectivity index (χ0) is 31.5. The molecular formula is C29H21N5NaO8S2+. The van der Waals surface area contributed by atoms with Crippen LogP contribution in [0.2, 0.25) is 0 Å². The minimum absolute atomic E-state index is 0. The topological polar surface area (TPSA) is 208 Å². The van der Waals surface area contributed by atoms with Crippen molar-refractivity contribution in [1.29, 1.82) is 0 Å². The molecule has 4 N–H and O–H groups in total. The predicted molar refractivity (Wildman–Crippen MR) is 161 cm³/mol. The summed E-state index contributed by atoms with van der Waals surface area (Å²) in [6.07, 6.45) is 0. The summed E-state index contributed by atoms with van der Waals surface area (Å²) in [5, 5.41) is 29.7. The Bertz CT molecular complexity index is 2160. The van der Waals surface area contributed by atoms with E-state index in [9.17, 15) is 31.3 Å². The van der Waals surface area contributed by atoms with E-state index in [2.05, 4.69) is 25.8 Å². The Balaban J connectivity index is 0.00000461. The van der Waals surface area contributed by atoms with Crippen LogP contribution in [0.15, 0.2) is 133 Å². The predicted octanol–water partition coefficient (Wildman–Crippen LogP) is 4.13. The molecule has 0 aliphatic heterocycles. The Hall–Kier alpha value is -4.35. The third kappa shape index (κ3) is 8.23. The molecule has 1 amide bonds. The van der Waals surface area contributed by atoms with Crippen molar-refractivity contribution in [3.8, 4) is 5.75 Å². The van der Waals surface area contributed by atoms with Gasteiger partial charge in [0.2, 0.25) is 0 Å². The van der Waals surface area contributed by atoms with Crippen LogP contribution in [-0.4, -0.2) is 37.0 Å². The van der Waals surface area contributed by atoms with Gasteiger partial charge in [0, 0.05) is 22.0 Å². The van der Waals surface area contributed by atoms with Crippen LogP contribution < -0.4 is 34.9 Å². The molecule has 0 aliphatic rings. The third-order valence-electron chi connectivity index (χ3n) is 6.18. The van der Waals surface area contributed by atoms with Gasteiger partial charge in [0.1, 0.15) is 10.6 Å². The third-order valence-corrected chi connectivity index (χ3v) is 7.94. The second-order valence-corrected chi connectivity index (χ2v) is 12.0. The Labute approximate surface area is 279 Å². The number of nitrogens with one attached hydrogen (secondary N) is 1. The van der Waals surface area contributed by atoms with Crippen LogP contribution in [0.1, 0.15) is 10.4 Å². The standard InChI is InChI=1S/C29H21N5O8S2.Na/c35-28-25-4-2-1-3-24(25)27(44(40,41)42)17-26(28)34-33-20-7-5-18(6-8-20)29(36)30-19-9-11-21(12-10-19)31-32-22-13-15-23(16-14-22)43(37,38)39;/h1-17,35H,(H,30,36)(H,37,38,39)(H,40,41,42);/q;+1. The van der Waals surface area contributed by atoms with Crippen LogP contribution in [0.25, 0.3) is 10.8 Å². The SMILES string of the molecule is O=C(Nc1ccc(N=Nc2ccc(S(=O)(=O)O)cc2)cc1)c1ccc(N=Nc2cc(S(=O)(=O)O)c3ccccc3c2O)cc1.[Na+]. The monoisotopic (exact) mass is 654 g/mol. The maximum Gasteiger partial charge on any atom is 1.00 e. The van der Waals surface area contributed by atoms with Crippen molar-refractivity contribution >= 4 is 65.4 Å². The van der Waals surface area contributed by atoms with E-state index >= 15 is 0 Å². The molecule has 222 valence electrons. The summed E-state index contributed by atoms with van der Waals surface area (Å²) in [6.45, 7) is 0. The van der Waals surface area contributed by atoms with Gasteiger partial charge in [-0.1, -0.05) is 24.3 Å². The summed E-state index contributed by atoms with van der Waals surface area (Å²) in [5.41, 5.74) is 1.77. The molecule has 0 saturated carbocycles. The first-order valence-electron chi connectivity index (χ1n) is 12.5. The molecular weight excluding hydrogens is 633 g/mol. The molecule has 0 saturated heterocycles. The number of nitrogens with zero attached hydrogens (tertiary/aromatic N) is 4. The summed E-state index contributed by atoms with van der Waals surface area (Å²) in [4.78, 5) is 12.0. The van der Waals surface area contributed by atoms with Gasteiger partial charge in [-0.3, -0.25) is 13.9 Å². The number of carbonyl (C=O) groups excluding carboxylic acids is 1. The molecule has 13 nitrogen and oxygen atoms in total. The van der Waals surface area contributed by atoms with Crippen molar-refractivity contribution in [2.24, 2.45) is 20.5 Å². The molecule has 5 aromatic carbocycles. The summed E-state index contributed by atoms with van der Waals surface area (Å²) in [5.74, 6) is -0.721. The normalized spacial score (nSPS) is 12.0. The van der Waals surface area contributed by atoms with Crippen molar-refractivity contribution in [2.75, 3.05) is 5.32 Å². The van der Waals surface area contributed by atoms with E-state index < -0.39 is 31.0 Å². The van der Waals surface area contributed by atoms with Crippen molar-refractivity contribution < 1.29 is 65.4 Å².